The number of carbonyl (C=O) groups excluding carboxylic acids is 1. The highest BCUT2D eigenvalue weighted by atomic mass is 16.5. The minimum Gasteiger partial charge on any atom is -0.480 e. The minimum absolute atomic E-state index is 0.00411. The number of hydrogen-bond acceptors (Lipinski definition) is 4. The van der Waals surface area contributed by atoms with Gasteiger partial charge in [-0.2, -0.15) is 5.26 Å². The van der Waals surface area contributed by atoms with Crippen molar-refractivity contribution in [1.82, 2.24) is 9.80 Å². The fourth-order valence-electron chi connectivity index (χ4n) is 2.58. The molecule has 1 N–H and O–H groups in total. The summed E-state index contributed by atoms with van der Waals surface area (Å²) in [6.07, 6.45) is 3.65. The van der Waals surface area contributed by atoms with Crippen LogP contribution in [0.3, 0.4) is 0 Å². The van der Waals surface area contributed by atoms with E-state index in [1.807, 2.05) is 4.90 Å². The van der Waals surface area contributed by atoms with Gasteiger partial charge in [0, 0.05) is 25.7 Å². The summed E-state index contributed by atoms with van der Waals surface area (Å²) >= 11 is 0. The van der Waals surface area contributed by atoms with Gasteiger partial charge in [-0.05, 0) is 25.7 Å². The molecule has 2 amide bonds. The maximum Gasteiger partial charge on any atom is 0.329 e. The number of likely N-dealkylation sites (tertiary alicyclic amines) is 1. The summed E-state index contributed by atoms with van der Waals surface area (Å²) in [5, 5.41) is 17.3. The number of rotatable bonds is 6. The van der Waals surface area contributed by atoms with Crippen molar-refractivity contribution in [3.8, 4) is 6.07 Å². The molecule has 0 radical (unpaired) electrons. The molecule has 1 saturated heterocycles. The van der Waals surface area contributed by atoms with E-state index >= 15 is 0 Å². The van der Waals surface area contributed by atoms with E-state index in [0.29, 0.717) is 44.9 Å². The number of nitriles is 1. The molecule has 0 bridgehead atoms. The topological polar surface area (TPSA) is 93.9 Å². The van der Waals surface area contributed by atoms with Gasteiger partial charge in [-0.15, -0.1) is 0 Å². The van der Waals surface area contributed by atoms with Crippen LogP contribution in [0.15, 0.2) is 0 Å². The van der Waals surface area contributed by atoms with Crippen molar-refractivity contribution in [3.05, 3.63) is 0 Å². The molecular weight excluding hydrogens is 274 g/mol. The van der Waals surface area contributed by atoms with E-state index in [0.717, 1.165) is 12.8 Å². The van der Waals surface area contributed by atoms with E-state index in [1.165, 1.54) is 0 Å². The lowest BCUT2D eigenvalue weighted by Crippen LogP contribution is -2.49. The summed E-state index contributed by atoms with van der Waals surface area (Å²) in [5.74, 6) is -0.968. The first-order chi connectivity index (χ1) is 10.1. The van der Waals surface area contributed by atoms with Crippen molar-refractivity contribution in [2.75, 3.05) is 26.2 Å². The van der Waals surface area contributed by atoms with Crippen LogP contribution >= 0.6 is 0 Å². The van der Waals surface area contributed by atoms with Gasteiger partial charge in [-0.25, -0.2) is 9.59 Å². The molecule has 0 unspecified atom stereocenters. The molecule has 0 aromatic carbocycles. The first-order valence-corrected chi connectivity index (χ1v) is 7.37. The maximum absolute atomic E-state index is 12.5. The molecule has 0 spiro atoms. The summed E-state index contributed by atoms with van der Waals surface area (Å²) in [5.41, 5.74) is 0. The first-order valence-electron chi connectivity index (χ1n) is 7.37. The van der Waals surface area contributed by atoms with E-state index < -0.39 is 5.97 Å². The predicted octanol–water partition coefficient (Wildman–Crippen LogP) is 1.05. The van der Waals surface area contributed by atoms with Gasteiger partial charge in [0.15, 0.2) is 0 Å². The smallest absolute Gasteiger partial charge is 0.329 e. The molecule has 21 heavy (non-hydrogen) atoms. The van der Waals surface area contributed by atoms with Crippen LogP contribution in [0.1, 0.15) is 32.1 Å². The monoisotopic (exact) mass is 295 g/mol. The van der Waals surface area contributed by atoms with Crippen molar-refractivity contribution in [3.63, 3.8) is 0 Å². The van der Waals surface area contributed by atoms with Crippen LogP contribution in [-0.4, -0.2) is 65.3 Å². The molecule has 2 fully saturated rings. The second-order valence-electron chi connectivity index (χ2n) is 5.51. The van der Waals surface area contributed by atoms with Gasteiger partial charge in [0.1, 0.15) is 6.61 Å². The Labute approximate surface area is 124 Å². The van der Waals surface area contributed by atoms with Crippen LogP contribution in [-0.2, 0) is 9.53 Å². The normalized spacial score (nSPS) is 19.1. The molecule has 7 heteroatoms. The fraction of sp³-hybridized carbons (Fsp3) is 0.786. The number of amides is 2. The highest BCUT2D eigenvalue weighted by Gasteiger charge is 2.35. The van der Waals surface area contributed by atoms with E-state index in [2.05, 4.69) is 6.07 Å². The molecule has 1 saturated carbocycles. The lowest BCUT2D eigenvalue weighted by molar-refractivity contribution is -0.145. The second kappa shape index (κ2) is 7.27. The van der Waals surface area contributed by atoms with Crippen LogP contribution in [0.2, 0.25) is 0 Å². The lowest BCUT2D eigenvalue weighted by atomic mass is 10.1. The zero-order valence-corrected chi connectivity index (χ0v) is 12.0. The molecule has 0 aromatic rings. The Morgan fingerprint density at radius 3 is 2.48 bits per heavy atom. The number of carbonyl (C=O) groups is 2. The van der Waals surface area contributed by atoms with Gasteiger partial charge in [-0.3, -0.25) is 0 Å². The number of carboxylic acid groups (broad SMARTS) is 1. The Kier molecular flexibility index (Phi) is 5.39. The summed E-state index contributed by atoms with van der Waals surface area (Å²) in [6.45, 7) is 1.38. The molecule has 116 valence electrons. The number of ether oxygens (including phenoxy) is 1. The van der Waals surface area contributed by atoms with Crippen molar-refractivity contribution in [1.29, 1.82) is 5.26 Å². The molecule has 1 aliphatic carbocycles. The van der Waals surface area contributed by atoms with Gasteiger partial charge in [0.05, 0.1) is 18.6 Å². The number of piperidine rings is 1. The zero-order valence-electron chi connectivity index (χ0n) is 12.0. The Morgan fingerprint density at radius 2 is 1.95 bits per heavy atom. The Hall–Kier alpha value is -1.81. The summed E-state index contributed by atoms with van der Waals surface area (Å²) in [6, 6.07) is 2.39. The van der Waals surface area contributed by atoms with Gasteiger partial charge >= 0.3 is 12.0 Å². The average Bonchev–Trinajstić information content (AvgIpc) is 3.30. The van der Waals surface area contributed by atoms with E-state index in [4.69, 9.17) is 15.1 Å². The van der Waals surface area contributed by atoms with Gasteiger partial charge in [0.25, 0.3) is 0 Å². The largest absolute Gasteiger partial charge is 0.480 e. The van der Waals surface area contributed by atoms with Crippen molar-refractivity contribution in [2.45, 2.75) is 44.2 Å². The zero-order chi connectivity index (χ0) is 15.2. The third-order valence-electron chi connectivity index (χ3n) is 3.85. The second-order valence-corrected chi connectivity index (χ2v) is 5.51. The predicted molar refractivity (Wildman–Crippen MR) is 73.5 cm³/mol. The summed E-state index contributed by atoms with van der Waals surface area (Å²) in [4.78, 5) is 26.5. The highest BCUT2D eigenvalue weighted by molar-refractivity contribution is 5.75. The number of carboxylic acids is 1. The fourth-order valence-corrected chi connectivity index (χ4v) is 2.58. The Balaban J connectivity index is 1.78. The van der Waals surface area contributed by atoms with Gasteiger partial charge in [0.2, 0.25) is 0 Å². The standard InChI is InChI=1S/C14H21N3O4/c15-6-1-7-17(11-2-3-11)14(20)16-8-4-12(5-9-16)21-10-13(18)19/h11-12H,1-5,7-10H2,(H,18,19). The Bertz CT molecular complexity index is 422. The molecule has 7 nitrogen and oxygen atoms in total. The van der Waals surface area contributed by atoms with Crippen LogP contribution < -0.4 is 0 Å². The molecule has 2 aliphatic rings. The SMILES string of the molecule is N#CCCN(C(=O)N1CCC(OCC(=O)O)CC1)C1CC1. The van der Waals surface area contributed by atoms with Crippen molar-refractivity contribution < 1.29 is 19.4 Å². The van der Waals surface area contributed by atoms with Crippen LogP contribution in [0.4, 0.5) is 4.79 Å². The number of aliphatic carboxylic acids is 1. The number of urea groups is 1. The van der Waals surface area contributed by atoms with Crippen LogP contribution in [0.25, 0.3) is 0 Å². The number of nitrogens with zero attached hydrogens (tertiary/aromatic N) is 3. The molecule has 0 aromatic heterocycles. The quantitative estimate of drug-likeness (QED) is 0.790. The molecular formula is C14H21N3O4. The first kappa shape index (κ1) is 15.6. The van der Waals surface area contributed by atoms with E-state index in [9.17, 15) is 9.59 Å². The van der Waals surface area contributed by atoms with Crippen LogP contribution in [0.5, 0.6) is 0 Å². The molecule has 1 heterocycles. The Morgan fingerprint density at radius 1 is 1.29 bits per heavy atom. The molecule has 1 aliphatic heterocycles. The minimum atomic E-state index is -0.968. The average molecular weight is 295 g/mol. The summed E-state index contributed by atoms with van der Waals surface area (Å²) in [7, 11) is 0. The molecule has 2 rings (SSSR count). The summed E-state index contributed by atoms with van der Waals surface area (Å²) < 4.78 is 5.26. The van der Waals surface area contributed by atoms with E-state index in [1.54, 1.807) is 4.90 Å². The van der Waals surface area contributed by atoms with E-state index in [-0.39, 0.29) is 18.7 Å². The maximum atomic E-state index is 12.5. The molecule has 0 atom stereocenters. The van der Waals surface area contributed by atoms with Crippen molar-refractivity contribution in [2.24, 2.45) is 0 Å². The lowest BCUT2D eigenvalue weighted by Gasteiger charge is -2.35. The number of hydrogen-bond donors (Lipinski definition) is 1. The van der Waals surface area contributed by atoms with Gasteiger partial charge < -0.3 is 19.6 Å². The third kappa shape index (κ3) is 4.60. The van der Waals surface area contributed by atoms with Crippen LogP contribution in [0, 0.1) is 11.3 Å². The highest BCUT2D eigenvalue weighted by Crippen LogP contribution is 2.28. The van der Waals surface area contributed by atoms with Crippen molar-refractivity contribution >= 4 is 12.0 Å². The third-order valence-corrected chi connectivity index (χ3v) is 3.85. The van der Waals surface area contributed by atoms with Gasteiger partial charge in [-0.1, -0.05) is 0 Å².